The molecule has 1 fully saturated rings. The van der Waals surface area contributed by atoms with Crippen molar-refractivity contribution in [3.63, 3.8) is 0 Å². The van der Waals surface area contributed by atoms with Crippen molar-refractivity contribution >= 4 is 6.21 Å². The summed E-state index contributed by atoms with van der Waals surface area (Å²) < 4.78 is -0.349. The molecule has 27 heavy (non-hydrogen) atoms. The van der Waals surface area contributed by atoms with Gasteiger partial charge in [0.15, 0.2) is 6.29 Å². The number of nitriles is 1. The third-order valence-electron chi connectivity index (χ3n) is 5.42. The Bertz CT molecular complexity index is 797. The molecule has 142 valence electrons. The lowest BCUT2D eigenvalue weighted by Crippen LogP contribution is -2.49. The van der Waals surface area contributed by atoms with Crippen LogP contribution in [0.25, 0.3) is 0 Å². The van der Waals surface area contributed by atoms with E-state index < -0.39 is 0 Å². The largest absolute Gasteiger partial charge is 0.632 e. The molecule has 1 aromatic rings. The minimum absolute atomic E-state index is 0.137. The molecule has 0 amide bonds. The summed E-state index contributed by atoms with van der Waals surface area (Å²) in [4.78, 5) is 11.2. The van der Waals surface area contributed by atoms with Crippen LogP contribution in [-0.2, 0) is 6.54 Å². The second-order valence-electron chi connectivity index (χ2n) is 7.45. The van der Waals surface area contributed by atoms with Crippen molar-refractivity contribution in [3.8, 4) is 6.07 Å². The molecule has 4 rings (SSSR count). The zero-order chi connectivity index (χ0) is 18.9. The van der Waals surface area contributed by atoms with Gasteiger partial charge in [0.05, 0.1) is 29.4 Å². The number of aliphatic imine (C=N–C) groups is 1. The van der Waals surface area contributed by atoms with Gasteiger partial charge in [0.25, 0.3) is 0 Å². The van der Waals surface area contributed by atoms with Crippen LogP contribution in [0.3, 0.4) is 0 Å². The first-order valence-electron chi connectivity index (χ1n) is 9.55. The van der Waals surface area contributed by atoms with E-state index in [0.717, 1.165) is 43.0 Å². The number of hydroxylamine groups is 3. The van der Waals surface area contributed by atoms with Crippen LogP contribution in [0.2, 0.25) is 0 Å². The fraction of sp³-hybridized carbons (Fsp3) is 0.526. The molecule has 0 aromatic carbocycles. The molecule has 0 bridgehead atoms. The maximum absolute atomic E-state index is 13.7. The van der Waals surface area contributed by atoms with Crippen LogP contribution in [0.4, 0.5) is 0 Å². The Morgan fingerprint density at radius 1 is 1.48 bits per heavy atom. The third kappa shape index (κ3) is 3.67. The highest BCUT2D eigenvalue weighted by atomic mass is 16.5. The van der Waals surface area contributed by atoms with Gasteiger partial charge in [-0.1, -0.05) is 6.92 Å². The molecule has 3 aliphatic heterocycles. The van der Waals surface area contributed by atoms with Crippen molar-refractivity contribution in [1.82, 2.24) is 20.5 Å². The van der Waals surface area contributed by atoms with Crippen LogP contribution in [0, 0.1) is 16.5 Å². The number of pyridine rings is 1. The van der Waals surface area contributed by atoms with E-state index in [2.05, 4.69) is 38.5 Å². The number of rotatable bonds is 4. The van der Waals surface area contributed by atoms with E-state index in [4.69, 9.17) is 5.26 Å². The van der Waals surface area contributed by atoms with Crippen molar-refractivity contribution in [1.29, 1.82) is 5.26 Å². The molecular weight excluding hydrogens is 342 g/mol. The van der Waals surface area contributed by atoms with E-state index in [1.807, 2.05) is 6.21 Å². The highest BCUT2D eigenvalue weighted by Gasteiger charge is 2.39. The summed E-state index contributed by atoms with van der Waals surface area (Å²) in [6.07, 6.45) is 5.39. The van der Waals surface area contributed by atoms with Crippen molar-refractivity contribution in [2.45, 2.75) is 38.6 Å². The third-order valence-corrected chi connectivity index (χ3v) is 5.42. The SMILES string of the molecule is CCN[C@H]1N=CC2=C(N1)N1CCCC1C[N+]([O-])(Cc1ccc(C#N)cn1)C2. The Balaban J connectivity index is 1.60. The van der Waals surface area contributed by atoms with Crippen LogP contribution in [0.15, 0.2) is 34.7 Å². The number of nitrogens with one attached hydrogen (secondary N) is 2. The monoisotopic (exact) mass is 367 g/mol. The average Bonchev–Trinajstić information content (AvgIpc) is 3.07. The summed E-state index contributed by atoms with van der Waals surface area (Å²) in [5.41, 5.74) is 2.21. The summed E-state index contributed by atoms with van der Waals surface area (Å²) in [7, 11) is 0. The molecule has 0 spiro atoms. The average molecular weight is 367 g/mol. The number of hydrogen-bond donors (Lipinski definition) is 2. The van der Waals surface area contributed by atoms with Crippen LogP contribution in [0.1, 0.15) is 31.0 Å². The summed E-state index contributed by atoms with van der Waals surface area (Å²) in [5.74, 6) is 1.06. The Hall–Kier alpha value is -2.47. The molecule has 3 atom stereocenters. The molecule has 0 radical (unpaired) electrons. The number of nitrogens with zero attached hydrogens (tertiary/aromatic N) is 5. The number of aromatic nitrogens is 1. The van der Waals surface area contributed by atoms with Gasteiger partial charge in [0, 0.05) is 19.0 Å². The first kappa shape index (κ1) is 17.9. The Morgan fingerprint density at radius 2 is 2.37 bits per heavy atom. The minimum Gasteiger partial charge on any atom is -0.632 e. The van der Waals surface area contributed by atoms with E-state index in [-0.39, 0.29) is 17.0 Å². The first-order valence-corrected chi connectivity index (χ1v) is 9.55. The standard InChI is InChI=1S/C19H25N7O/c1-2-21-19-23-10-15-11-26(27,12-16-6-5-14(8-20)9-22-16)13-17-4-3-7-25(17)18(15)24-19/h5-6,9-10,17,19,21,24H,2-4,7,11-13H2,1H3/t17?,19-,26?/m0/s1. The summed E-state index contributed by atoms with van der Waals surface area (Å²) >= 11 is 0. The van der Waals surface area contributed by atoms with Crippen LogP contribution >= 0.6 is 0 Å². The quantitative estimate of drug-likeness (QED) is 0.609. The van der Waals surface area contributed by atoms with Gasteiger partial charge in [-0.25, -0.2) is 0 Å². The van der Waals surface area contributed by atoms with Gasteiger partial charge >= 0.3 is 0 Å². The zero-order valence-electron chi connectivity index (χ0n) is 15.6. The molecule has 8 heteroatoms. The summed E-state index contributed by atoms with van der Waals surface area (Å²) in [6, 6.07) is 5.81. The number of quaternary nitrogens is 1. The van der Waals surface area contributed by atoms with Crippen molar-refractivity contribution in [2.24, 2.45) is 4.99 Å². The number of fused-ring (bicyclic) bond motifs is 2. The van der Waals surface area contributed by atoms with Crippen molar-refractivity contribution < 1.29 is 4.65 Å². The summed E-state index contributed by atoms with van der Waals surface area (Å²) in [5, 5.41) is 29.5. The van der Waals surface area contributed by atoms with Gasteiger partial charge in [0.1, 0.15) is 25.0 Å². The van der Waals surface area contributed by atoms with Crippen LogP contribution < -0.4 is 10.6 Å². The lowest BCUT2D eigenvalue weighted by Gasteiger charge is -2.43. The van der Waals surface area contributed by atoms with Crippen LogP contribution in [-0.4, -0.2) is 59.3 Å². The predicted molar refractivity (Wildman–Crippen MR) is 102 cm³/mol. The van der Waals surface area contributed by atoms with E-state index in [9.17, 15) is 5.21 Å². The molecule has 1 saturated heterocycles. The first-order chi connectivity index (χ1) is 13.1. The normalized spacial score (nSPS) is 29.6. The molecular formula is C19H25N7O. The van der Waals surface area contributed by atoms with Gasteiger partial charge < -0.3 is 20.1 Å². The summed E-state index contributed by atoms with van der Waals surface area (Å²) in [6.45, 7) is 5.06. The van der Waals surface area contributed by atoms with Gasteiger partial charge in [-0.05, 0) is 31.5 Å². The topological polar surface area (TPSA) is 99.4 Å². The molecule has 0 aliphatic carbocycles. The van der Waals surface area contributed by atoms with E-state index >= 15 is 0 Å². The van der Waals surface area contributed by atoms with Gasteiger partial charge in [-0.3, -0.25) is 15.3 Å². The highest BCUT2D eigenvalue weighted by Crippen LogP contribution is 2.32. The maximum atomic E-state index is 13.7. The second kappa shape index (κ2) is 7.27. The fourth-order valence-corrected chi connectivity index (χ4v) is 4.24. The Labute approximate surface area is 159 Å². The lowest BCUT2D eigenvalue weighted by atomic mass is 10.2. The van der Waals surface area contributed by atoms with E-state index in [1.54, 1.807) is 12.1 Å². The molecule has 8 nitrogen and oxygen atoms in total. The Kier molecular flexibility index (Phi) is 4.83. The predicted octanol–water partition coefficient (Wildman–Crippen LogP) is 1.02. The Morgan fingerprint density at radius 3 is 3.11 bits per heavy atom. The highest BCUT2D eigenvalue weighted by molar-refractivity contribution is 5.81. The second-order valence-corrected chi connectivity index (χ2v) is 7.45. The van der Waals surface area contributed by atoms with E-state index in [1.165, 1.54) is 6.20 Å². The molecule has 4 heterocycles. The van der Waals surface area contributed by atoms with E-state index in [0.29, 0.717) is 25.2 Å². The zero-order valence-corrected chi connectivity index (χ0v) is 15.6. The fourth-order valence-electron chi connectivity index (χ4n) is 4.24. The van der Waals surface area contributed by atoms with Crippen molar-refractivity contribution in [3.05, 3.63) is 46.2 Å². The maximum Gasteiger partial charge on any atom is 0.174 e. The molecule has 3 aliphatic rings. The molecule has 0 saturated carbocycles. The smallest absolute Gasteiger partial charge is 0.174 e. The molecule has 2 N–H and O–H groups in total. The van der Waals surface area contributed by atoms with Gasteiger partial charge in [0.2, 0.25) is 0 Å². The van der Waals surface area contributed by atoms with Crippen LogP contribution in [0.5, 0.6) is 0 Å². The number of hydrogen-bond acceptors (Lipinski definition) is 7. The van der Waals surface area contributed by atoms with Gasteiger partial charge in [-0.2, -0.15) is 5.26 Å². The van der Waals surface area contributed by atoms with Gasteiger partial charge in [-0.15, -0.1) is 0 Å². The molecule has 2 unspecified atom stereocenters. The lowest BCUT2D eigenvalue weighted by molar-refractivity contribution is -0.890. The minimum atomic E-state index is -0.349. The molecule has 1 aromatic heterocycles. The van der Waals surface area contributed by atoms with Crippen molar-refractivity contribution in [2.75, 3.05) is 26.2 Å².